The molecule has 2 aromatic heterocycles. The first-order valence-electron chi connectivity index (χ1n) is 10.3. The van der Waals surface area contributed by atoms with Crippen LogP contribution in [0.2, 0.25) is 0 Å². The zero-order chi connectivity index (χ0) is 21.6. The van der Waals surface area contributed by atoms with Gasteiger partial charge in [0.2, 0.25) is 5.91 Å². The molecule has 1 saturated heterocycles. The number of carbonyl (C=O) groups excluding carboxylic acids is 2. The van der Waals surface area contributed by atoms with E-state index in [0.29, 0.717) is 11.4 Å². The van der Waals surface area contributed by atoms with E-state index in [4.69, 9.17) is 0 Å². The van der Waals surface area contributed by atoms with Crippen molar-refractivity contribution in [3.8, 4) is 11.3 Å². The third-order valence-electron chi connectivity index (χ3n) is 5.75. The molecule has 3 heterocycles. The van der Waals surface area contributed by atoms with E-state index >= 15 is 0 Å². The first kappa shape index (κ1) is 19.7. The summed E-state index contributed by atoms with van der Waals surface area (Å²) in [4.78, 5) is 30.8. The van der Waals surface area contributed by atoms with Gasteiger partial charge in [-0.15, -0.1) is 0 Å². The normalized spacial score (nSPS) is 18.1. The number of hydrogen-bond donors (Lipinski definition) is 1. The van der Waals surface area contributed by atoms with Gasteiger partial charge in [-0.1, -0.05) is 18.2 Å². The first-order valence-corrected chi connectivity index (χ1v) is 12.1. The molecule has 1 N–H and O–H groups in total. The summed E-state index contributed by atoms with van der Waals surface area (Å²) in [5, 5.41) is 2.87. The van der Waals surface area contributed by atoms with Crippen molar-refractivity contribution >= 4 is 33.1 Å². The second-order valence-corrected chi connectivity index (χ2v) is 10.4. The summed E-state index contributed by atoms with van der Waals surface area (Å²) in [6, 6.07) is 13.0. The molecular formula is C22H22N4O4S. The van der Waals surface area contributed by atoms with Crippen molar-refractivity contribution in [2.75, 3.05) is 29.9 Å². The molecule has 8 nitrogen and oxygen atoms in total. The van der Waals surface area contributed by atoms with Gasteiger partial charge in [0.05, 0.1) is 23.4 Å². The van der Waals surface area contributed by atoms with Crippen molar-refractivity contribution in [1.82, 2.24) is 14.3 Å². The minimum atomic E-state index is -3.03. The molecule has 2 amide bonds. The highest BCUT2D eigenvalue weighted by Gasteiger charge is 2.30. The molecule has 1 saturated carbocycles. The van der Waals surface area contributed by atoms with E-state index in [1.165, 1.54) is 0 Å². The van der Waals surface area contributed by atoms with Crippen LogP contribution in [0.25, 0.3) is 16.9 Å². The van der Waals surface area contributed by atoms with Crippen LogP contribution in [0, 0.1) is 5.92 Å². The summed E-state index contributed by atoms with van der Waals surface area (Å²) in [5.41, 5.74) is 3.04. The van der Waals surface area contributed by atoms with Crippen molar-refractivity contribution in [1.29, 1.82) is 0 Å². The molecule has 2 fully saturated rings. The summed E-state index contributed by atoms with van der Waals surface area (Å²) in [5.74, 6) is 0.509. The lowest BCUT2D eigenvalue weighted by molar-refractivity contribution is -0.117. The number of fused-ring (bicyclic) bond motifs is 1. The summed E-state index contributed by atoms with van der Waals surface area (Å²) >= 11 is 0. The number of benzene rings is 1. The van der Waals surface area contributed by atoms with Gasteiger partial charge in [0.1, 0.15) is 5.65 Å². The maximum atomic E-state index is 12.7. The number of aromatic nitrogens is 2. The predicted molar refractivity (Wildman–Crippen MR) is 117 cm³/mol. The third-order valence-corrected chi connectivity index (χ3v) is 7.36. The minimum Gasteiger partial charge on any atom is -0.337 e. The molecule has 0 spiro atoms. The van der Waals surface area contributed by atoms with Gasteiger partial charge in [-0.2, -0.15) is 0 Å². The third kappa shape index (κ3) is 4.05. The van der Waals surface area contributed by atoms with Gasteiger partial charge in [0.15, 0.2) is 15.7 Å². The zero-order valence-corrected chi connectivity index (χ0v) is 17.6. The molecular weight excluding hydrogens is 416 g/mol. The van der Waals surface area contributed by atoms with Crippen molar-refractivity contribution in [3.05, 3.63) is 54.2 Å². The van der Waals surface area contributed by atoms with Crippen molar-refractivity contribution in [3.63, 3.8) is 0 Å². The van der Waals surface area contributed by atoms with Gasteiger partial charge in [0, 0.05) is 24.6 Å². The van der Waals surface area contributed by atoms with Gasteiger partial charge in [-0.25, -0.2) is 13.4 Å². The first-order chi connectivity index (χ1) is 14.9. The van der Waals surface area contributed by atoms with Gasteiger partial charge in [-0.3, -0.25) is 14.0 Å². The fourth-order valence-corrected chi connectivity index (χ4v) is 4.96. The van der Waals surface area contributed by atoms with Crippen LogP contribution >= 0.6 is 0 Å². The molecule has 0 radical (unpaired) electrons. The monoisotopic (exact) mass is 438 g/mol. The van der Waals surface area contributed by atoms with Gasteiger partial charge in [0.25, 0.3) is 5.91 Å². The fraction of sp³-hybridized carbons (Fsp3) is 0.318. The number of nitrogens with zero attached hydrogens (tertiary/aromatic N) is 3. The molecule has 1 aromatic carbocycles. The Hall–Kier alpha value is -3.20. The molecule has 0 unspecified atom stereocenters. The molecule has 0 atom stereocenters. The number of rotatable bonds is 4. The van der Waals surface area contributed by atoms with Crippen LogP contribution in [0.1, 0.15) is 23.2 Å². The second kappa shape index (κ2) is 7.49. The van der Waals surface area contributed by atoms with Crippen LogP contribution in [-0.2, 0) is 14.6 Å². The number of pyridine rings is 1. The average Bonchev–Trinajstić information content (AvgIpc) is 3.53. The van der Waals surface area contributed by atoms with Crippen LogP contribution < -0.4 is 5.32 Å². The van der Waals surface area contributed by atoms with Crippen LogP contribution in [-0.4, -0.2) is 59.1 Å². The van der Waals surface area contributed by atoms with E-state index in [9.17, 15) is 18.0 Å². The average molecular weight is 439 g/mol. The molecule has 31 heavy (non-hydrogen) atoms. The Morgan fingerprint density at radius 3 is 2.39 bits per heavy atom. The van der Waals surface area contributed by atoms with Gasteiger partial charge in [-0.05, 0) is 42.7 Å². The van der Waals surface area contributed by atoms with E-state index < -0.39 is 9.84 Å². The van der Waals surface area contributed by atoms with Crippen molar-refractivity contribution in [2.45, 2.75) is 12.8 Å². The van der Waals surface area contributed by atoms with Gasteiger partial charge < -0.3 is 10.2 Å². The largest absolute Gasteiger partial charge is 0.337 e. The maximum Gasteiger partial charge on any atom is 0.253 e. The number of anilines is 1. The molecule has 1 aliphatic carbocycles. The Bertz CT molecular complexity index is 1260. The number of nitrogens with one attached hydrogen (secondary N) is 1. The molecule has 0 bridgehead atoms. The molecule has 3 aromatic rings. The Kier molecular flexibility index (Phi) is 4.77. The molecule has 160 valence electrons. The molecule has 1 aliphatic heterocycles. The lowest BCUT2D eigenvalue weighted by Gasteiger charge is -2.26. The maximum absolute atomic E-state index is 12.7. The second-order valence-electron chi connectivity index (χ2n) is 8.05. The number of sulfone groups is 1. The number of carbonyl (C=O) groups is 2. The Balaban J connectivity index is 1.37. The Morgan fingerprint density at radius 1 is 1.00 bits per heavy atom. The summed E-state index contributed by atoms with van der Waals surface area (Å²) in [7, 11) is -3.03. The lowest BCUT2D eigenvalue weighted by atomic mass is 10.1. The van der Waals surface area contributed by atoms with E-state index in [0.717, 1.165) is 29.7 Å². The quantitative estimate of drug-likeness (QED) is 0.673. The highest BCUT2D eigenvalue weighted by Crippen LogP contribution is 2.30. The summed E-state index contributed by atoms with van der Waals surface area (Å²) < 4.78 is 25.1. The van der Waals surface area contributed by atoms with E-state index in [-0.39, 0.29) is 42.3 Å². The summed E-state index contributed by atoms with van der Waals surface area (Å²) in [6.45, 7) is 0.458. The number of hydrogen-bond acceptors (Lipinski definition) is 5. The van der Waals surface area contributed by atoms with Crippen molar-refractivity contribution in [2.24, 2.45) is 5.92 Å². The Morgan fingerprint density at radius 2 is 1.71 bits per heavy atom. The van der Waals surface area contributed by atoms with Crippen LogP contribution in [0.15, 0.2) is 48.7 Å². The highest BCUT2D eigenvalue weighted by atomic mass is 32.2. The minimum absolute atomic E-state index is 0.0123. The van der Waals surface area contributed by atoms with Crippen molar-refractivity contribution < 1.29 is 18.0 Å². The number of amides is 2. The van der Waals surface area contributed by atoms with Crippen LogP contribution in [0.3, 0.4) is 0 Å². The zero-order valence-electron chi connectivity index (χ0n) is 16.8. The van der Waals surface area contributed by atoms with Crippen LogP contribution in [0.4, 0.5) is 5.82 Å². The lowest BCUT2D eigenvalue weighted by Crippen LogP contribution is -2.43. The topological polar surface area (TPSA) is 101 Å². The smallest absolute Gasteiger partial charge is 0.253 e. The summed E-state index contributed by atoms with van der Waals surface area (Å²) in [6.07, 6.45) is 3.67. The fourth-order valence-electron chi connectivity index (χ4n) is 3.76. The van der Waals surface area contributed by atoms with E-state index in [1.807, 2.05) is 34.7 Å². The predicted octanol–water partition coefficient (Wildman–Crippen LogP) is 2.22. The standard InChI is InChI=1S/C22H22N4O4S/c27-21(16-6-7-16)24-19-14-26-18(2-1-3-20(26)23-19)15-4-8-17(9-5-15)22(28)25-10-12-31(29,30)13-11-25/h1-5,8-9,14,16H,6-7,10-13H2,(H,24,27). The molecule has 2 aliphatic rings. The SMILES string of the molecule is O=C(Nc1cn2c(-c3ccc(C(=O)N4CCS(=O)(=O)CC4)cc3)cccc2n1)C1CC1. The molecule has 9 heteroatoms. The van der Waals surface area contributed by atoms with E-state index in [1.54, 1.807) is 23.2 Å². The molecule has 5 rings (SSSR count). The van der Waals surface area contributed by atoms with Crippen LogP contribution in [0.5, 0.6) is 0 Å². The highest BCUT2D eigenvalue weighted by molar-refractivity contribution is 7.91. The van der Waals surface area contributed by atoms with E-state index in [2.05, 4.69) is 10.3 Å². The van der Waals surface area contributed by atoms with Gasteiger partial charge >= 0.3 is 0 Å². The number of imidazole rings is 1. The Labute approximate surface area is 179 Å².